The van der Waals surface area contributed by atoms with Crippen molar-refractivity contribution in [3.63, 3.8) is 0 Å². The highest BCUT2D eigenvalue weighted by atomic mass is 16.2. The highest BCUT2D eigenvalue weighted by Gasteiger charge is 2.24. The second kappa shape index (κ2) is 7.35. The summed E-state index contributed by atoms with van der Waals surface area (Å²) in [5, 5.41) is 2.89. The van der Waals surface area contributed by atoms with E-state index in [1.165, 1.54) is 0 Å². The molecule has 2 heterocycles. The van der Waals surface area contributed by atoms with E-state index in [1.54, 1.807) is 4.90 Å². The summed E-state index contributed by atoms with van der Waals surface area (Å²) in [6.45, 7) is 8.16. The summed E-state index contributed by atoms with van der Waals surface area (Å²) in [4.78, 5) is 32.8. The number of hydrogen-bond acceptors (Lipinski definition) is 3. The summed E-state index contributed by atoms with van der Waals surface area (Å²) >= 11 is 0. The average Bonchev–Trinajstić information content (AvgIpc) is 2.88. The third kappa shape index (κ3) is 3.81. The first-order chi connectivity index (χ1) is 12.3. The number of aromatic nitrogens is 2. The van der Waals surface area contributed by atoms with E-state index in [1.807, 2.05) is 55.5 Å². The lowest BCUT2D eigenvalue weighted by atomic mass is 10.1. The van der Waals surface area contributed by atoms with Gasteiger partial charge in [0.2, 0.25) is 5.91 Å². The molecule has 0 radical (unpaired) electrons. The zero-order valence-corrected chi connectivity index (χ0v) is 16.0. The van der Waals surface area contributed by atoms with Crippen LogP contribution in [0.15, 0.2) is 18.2 Å². The molecular weight excluding hydrogens is 330 g/mol. The van der Waals surface area contributed by atoms with Gasteiger partial charge in [-0.2, -0.15) is 0 Å². The molecule has 2 aromatic rings. The van der Waals surface area contributed by atoms with Crippen molar-refractivity contribution in [2.75, 3.05) is 26.2 Å². The van der Waals surface area contributed by atoms with Crippen LogP contribution in [0.3, 0.4) is 0 Å². The smallest absolute Gasteiger partial charge is 0.317 e. The minimum Gasteiger partial charge on any atom is -0.339 e. The van der Waals surface area contributed by atoms with Gasteiger partial charge in [0.05, 0.1) is 17.5 Å². The first-order valence-corrected chi connectivity index (χ1v) is 9.10. The Morgan fingerprint density at radius 1 is 1.15 bits per heavy atom. The number of aryl methyl sites for hydroxylation is 2. The molecule has 0 unspecified atom stereocenters. The fraction of sp³-hybridized carbons (Fsp3) is 0.526. The number of carbonyl (C=O) groups excluding carboxylic acids is 2. The second-order valence-corrected chi connectivity index (χ2v) is 7.19. The lowest BCUT2D eigenvalue weighted by molar-refractivity contribution is -0.131. The average molecular weight is 357 g/mol. The van der Waals surface area contributed by atoms with Gasteiger partial charge in [-0.3, -0.25) is 4.79 Å². The quantitative estimate of drug-likeness (QED) is 0.909. The van der Waals surface area contributed by atoms with Crippen LogP contribution in [0.5, 0.6) is 0 Å². The highest BCUT2D eigenvalue weighted by Crippen LogP contribution is 2.17. The van der Waals surface area contributed by atoms with Crippen LogP contribution in [-0.2, 0) is 18.3 Å². The van der Waals surface area contributed by atoms with Crippen molar-refractivity contribution in [3.8, 4) is 0 Å². The molecule has 3 amide bonds. The molecule has 1 aromatic heterocycles. The second-order valence-electron chi connectivity index (χ2n) is 7.19. The molecule has 140 valence electrons. The molecule has 0 atom stereocenters. The van der Waals surface area contributed by atoms with Gasteiger partial charge in [0, 0.05) is 39.3 Å². The Hall–Kier alpha value is -2.57. The van der Waals surface area contributed by atoms with E-state index in [0.29, 0.717) is 32.6 Å². The van der Waals surface area contributed by atoms with Crippen molar-refractivity contribution >= 4 is 23.0 Å². The first kappa shape index (κ1) is 18.2. The number of urea groups is 1. The van der Waals surface area contributed by atoms with E-state index in [0.717, 1.165) is 22.4 Å². The number of nitrogens with zero attached hydrogens (tertiary/aromatic N) is 4. The van der Waals surface area contributed by atoms with Crippen molar-refractivity contribution in [3.05, 3.63) is 29.6 Å². The van der Waals surface area contributed by atoms with Crippen molar-refractivity contribution in [1.82, 2.24) is 24.7 Å². The molecule has 1 aliphatic rings. The number of hydrogen-bond donors (Lipinski definition) is 1. The minimum absolute atomic E-state index is 0.0527. The van der Waals surface area contributed by atoms with Gasteiger partial charge in [-0.15, -0.1) is 0 Å². The Kier molecular flexibility index (Phi) is 5.15. The topological polar surface area (TPSA) is 70.5 Å². The summed E-state index contributed by atoms with van der Waals surface area (Å²) < 4.78 is 2.04. The number of imidazole rings is 1. The lowest BCUT2D eigenvalue weighted by Crippen LogP contribution is -2.54. The highest BCUT2D eigenvalue weighted by molar-refractivity contribution is 5.82. The van der Waals surface area contributed by atoms with Crippen molar-refractivity contribution in [1.29, 1.82) is 0 Å². The molecule has 0 aliphatic carbocycles. The van der Waals surface area contributed by atoms with Gasteiger partial charge in [-0.05, 0) is 38.5 Å². The number of amides is 3. The lowest BCUT2D eigenvalue weighted by Gasteiger charge is -2.35. The summed E-state index contributed by atoms with van der Waals surface area (Å²) in [7, 11) is 1.99. The molecule has 3 rings (SSSR count). The fourth-order valence-electron chi connectivity index (χ4n) is 3.26. The maximum Gasteiger partial charge on any atom is 0.317 e. The predicted octanol–water partition coefficient (Wildman–Crippen LogP) is 1.69. The van der Waals surface area contributed by atoms with Gasteiger partial charge in [-0.1, -0.05) is 6.07 Å². The summed E-state index contributed by atoms with van der Waals surface area (Å²) in [6, 6.07) is 6.07. The first-order valence-electron chi connectivity index (χ1n) is 9.10. The summed E-state index contributed by atoms with van der Waals surface area (Å²) in [5.41, 5.74) is 2.97. The standard InChI is InChI=1S/C19H27N5O2/c1-13(2)20-19(26)24-9-7-23(8-10-24)18(25)12-15-5-6-17-16(11-15)21-14(3)22(17)4/h5-6,11,13H,7-10,12H2,1-4H3,(H,20,26). The molecule has 7 nitrogen and oxygen atoms in total. The van der Waals surface area contributed by atoms with Crippen molar-refractivity contribution < 1.29 is 9.59 Å². The molecule has 7 heteroatoms. The van der Waals surface area contributed by atoms with Crippen LogP contribution >= 0.6 is 0 Å². The van der Waals surface area contributed by atoms with Crippen LogP contribution in [0.25, 0.3) is 11.0 Å². The maximum absolute atomic E-state index is 12.6. The third-order valence-corrected chi connectivity index (χ3v) is 4.86. The molecule has 1 saturated heterocycles. The van der Waals surface area contributed by atoms with Crippen LogP contribution in [0.2, 0.25) is 0 Å². The Morgan fingerprint density at radius 2 is 1.81 bits per heavy atom. The van der Waals surface area contributed by atoms with E-state index >= 15 is 0 Å². The van der Waals surface area contributed by atoms with Gasteiger partial charge in [0.25, 0.3) is 0 Å². The van der Waals surface area contributed by atoms with Gasteiger partial charge < -0.3 is 19.7 Å². The summed E-state index contributed by atoms with van der Waals surface area (Å²) in [5.74, 6) is 1.06. The molecule has 0 saturated carbocycles. The predicted molar refractivity (Wildman–Crippen MR) is 101 cm³/mol. The Bertz CT molecular complexity index is 819. The van der Waals surface area contributed by atoms with Gasteiger partial charge in [-0.25, -0.2) is 9.78 Å². The van der Waals surface area contributed by atoms with E-state index in [9.17, 15) is 9.59 Å². The van der Waals surface area contributed by atoms with E-state index < -0.39 is 0 Å². The molecule has 1 aliphatic heterocycles. The van der Waals surface area contributed by atoms with Crippen LogP contribution in [0.1, 0.15) is 25.2 Å². The van der Waals surface area contributed by atoms with E-state index in [-0.39, 0.29) is 18.0 Å². The molecule has 0 bridgehead atoms. The number of rotatable bonds is 3. The van der Waals surface area contributed by atoms with Crippen LogP contribution in [0.4, 0.5) is 4.79 Å². The van der Waals surface area contributed by atoms with Gasteiger partial charge in [0.1, 0.15) is 5.82 Å². The van der Waals surface area contributed by atoms with Crippen molar-refractivity contribution in [2.24, 2.45) is 7.05 Å². The van der Waals surface area contributed by atoms with Gasteiger partial charge >= 0.3 is 6.03 Å². The van der Waals surface area contributed by atoms with Crippen LogP contribution in [-0.4, -0.2) is 63.5 Å². The van der Waals surface area contributed by atoms with Crippen molar-refractivity contribution in [2.45, 2.75) is 33.2 Å². The Balaban J connectivity index is 1.58. The molecule has 1 aromatic carbocycles. The molecule has 1 N–H and O–H groups in total. The van der Waals surface area contributed by atoms with Crippen LogP contribution < -0.4 is 5.32 Å². The largest absolute Gasteiger partial charge is 0.339 e. The monoisotopic (exact) mass is 357 g/mol. The zero-order valence-electron chi connectivity index (χ0n) is 16.0. The van der Waals surface area contributed by atoms with Gasteiger partial charge in [0.15, 0.2) is 0 Å². The summed E-state index contributed by atoms with van der Waals surface area (Å²) in [6.07, 6.45) is 0.365. The molecule has 0 spiro atoms. The maximum atomic E-state index is 12.6. The number of fused-ring (bicyclic) bond motifs is 1. The normalized spacial score (nSPS) is 15.0. The third-order valence-electron chi connectivity index (χ3n) is 4.86. The molecule has 1 fully saturated rings. The number of carbonyl (C=O) groups is 2. The molecular formula is C19H27N5O2. The number of nitrogens with one attached hydrogen (secondary N) is 1. The van der Waals surface area contributed by atoms with E-state index in [4.69, 9.17) is 0 Å². The number of benzene rings is 1. The Morgan fingerprint density at radius 3 is 2.46 bits per heavy atom. The SMILES string of the molecule is Cc1nc2cc(CC(=O)N3CCN(C(=O)NC(C)C)CC3)ccc2n1C. The Labute approximate surface area is 154 Å². The number of piperazine rings is 1. The van der Waals surface area contributed by atoms with Crippen LogP contribution in [0, 0.1) is 6.92 Å². The molecule has 26 heavy (non-hydrogen) atoms. The van der Waals surface area contributed by atoms with E-state index in [2.05, 4.69) is 10.3 Å². The fourth-order valence-corrected chi connectivity index (χ4v) is 3.26. The zero-order chi connectivity index (χ0) is 18.8. The minimum atomic E-state index is -0.0527.